The van der Waals surface area contributed by atoms with Gasteiger partial charge in [0.05, 0.1) is 10.6 Å². The second-order valence-corrected chi connectivity index (χ2v) is 4.93. The average molecular weight is 248 g/mol. The highest BCUT2D eigenvalue weighted by atomic mass is 32.2. The molecule has 0 radical (unpaired) electrons. The molecule has 0 spiro atoms. The molecule has 1 aromatic rings. The lowest BCUT2D eigenvalue weighted by atomic mass is 10.3. The van der Waals surface area contributed by atoms with Crippen LogP contribution in [-0.4, -0.2) is 26.7 Å². The van der Waals surface area contributed by atoms with Gasteiger partial charge in [-0.15, -0.1) is 0 Å². The van der Waals surface area contributed by atoms with Crippen molar-refractivity contribution < 1.29 is 17.9 Å². The lowest BCUT2D eigenvalue weighted by Crippen LogP contribution is -2.25. The number of benzene rings is 1. The summed E-state index contributed by atoms with van der Waals surface area (Å²) in [6, 6.07) is 3.18. The number of aliphatic hydroxyl groups is 1. The lowest BCUT2D eigenvalue weighted by molar-refractivity contribution is 0.289. The average Bonchev–Trinajstić information content (AvgIpc) is 2.22. The highest BCUT2D eigenvalue weighted by Crippen LogP contribution is 2.16. The SMILES string of the molecule is Nc1cc(S(=O)(=O)NCCCO)ccc1F. The van der Waals surface area contributed by atoms with E-state index in [2.05, 4.69) is 4.72 Å². The van der Waals surface area contributed by atoms with Gasteiger partial charge in [-0.25, -0.2) is 17.5 Å². The van der Waals surface area contributed by atoms with Crippen molar-refractivity contribution in [3.63, 3.8) is 0 Å². The van der Waals surface area contributed by atoms with Gasteiger partial charge < -0.3 is 10.8 Å². The predicted molar refractivity (Wildman–Crippen MR) is 57.7 cm³/mol. The van der Waals surface area contributed by atoms with Crippen molar-refractivity contribution in [3.05, 3.63) is 24.0 Å². The summed E-state index contributed by atoms with van der Waals surface area (Å²) in [6.07, 6.45) is 0.315. The van der Waals surface area contributed by atoms with E-state index in [9.17, 15) is 12.8 Å². The number of rotatable bonds is 5. The third-order valence-corrected chi connectivity index (χ3v) is 3.36. The first-order valence-electron chi connectivity index (χ1n) is 4.63. The van der Waals surface area contributed by atoms with E-state index in [1.165, 1.54) is 0 Å². The Bertz CT molecular complexity index is 462. The van der Waals surface area contributed by atoms with Gasteiger partial charge in [-0.1, -0.05) is 0 Å². The fraction of sp³-hybridized carbons (Fsp3) is 0.333. The molecule has 1 aromatic carbocycles. The Morgan fingerprint density at radius 3 is 2.69 bits per heavy atom. The Hall–Kier alpha value is -1.18. The number of nitrogens with two attached hydrogens (primary N) is 1. The van der Waals surface area contributed by atoms with E-state index in [-0.39, 0.29) is 23.7 Å². The number of hydrogen-bond donors (Lipinski definition) is 3. The maximum absolute atomic E-state index is 12.8. The number of nitrogens with one attached hydrogen (secondary N) is 1. The molecule has 0 aliphatic rings. The number of nitrogen functional groups attached to an aromatic ring is 1. The largest absolute Gasteiger partial charge is 0.396 e. The van der Waals surface area contributed by atoms with Crippen molar-refractivity contribution in [3.8, 4) is 0 Å². The molecule has 0 saturated heterocycles. The molecule has 0 bridgehead atoms. The second kappa shape index (κ2) is 5.24. The van der Waals surface area contributed by atoms with Crippen molar-refractivity contribution >= 4 is 15.7 Å². The first kappa shape index (κ1) is 12.9. The van der Waals surface area contributed by atoms with Crippen LogP contribution in [0.4, 0.5) is 10.1 Å². The van der Waals surface area contributed by atoms with Crippen LogP contribution in [0.3, 0.4) is 0 Å². The summed E-state index contributed by atoms with van der Waals surface area (Å²) in [5.74, 6) is -0.658. The van der Waals surface area contributed by atoms with E-state index in [1.54, 1.807) is 0 Å². The molecule has 0 unspecified atom stereocenters. The molecule has 90 valence electrons. The molecular weight excluding hydrogens is 235 g/mol. The highest BCUT2D eigenvalue weighted by molar-refractivity contribution is 7.89. The molecule has 0 atom stereocenters. The maximum atomic E-state index is 12.8. The Kier molecular flexibility index (Phi) is 4.22. The topological polar surface area (TPSA) is 92.4 Å². The second-order valence-electron chi connectivity index (χ2n) is 3.16. The van der Waals surface area contributed by atoms with E-state index >= 15 is 0 Å². The Balaban J connectivity index is 2.86. The van der Waals surface area contributed by atoms with E-state index in [1.807, 2.05) is 0 Å². The molecule has 7 heteroatoms. The fourth-order valence-corrected chi connectivity index (χ4v) is 2.17. The summed E-state index contributed by atoms with van der Waals surface area (Å²) in [6.45, 7) is 0.0180. The molecule has 0 aromatic heterocycles. The summed E-state index contributed by atoms with van der Waals surface area (Å²) in [7, 11) is -3.68. The molecule has 4 N–H and O–H groups in total. The molecule has 0 aliphatic heterocycles. The van der Waals surface area contributed by atoms with E-state index in [0.29, 0.717) is 6.42 Å². The van der Waals surface area contributed by atoms with Gasteiger partial charge in [-0.05, 0) is 24.6 Å². The van der Waals surface area contributed by atoms with Crippen molar-refractivity contribution in [1.82, 2.24) is 4.72 Å². The maximum Gasteiger partial charge on any atom is 0.240 e. The van der Waals surface area contributed by atoms with Gasteiger partial charge in [0.25, 0.3) is 0 Å². The Morgan fingerprint density at radius 2 is 2.12 bits per heavy atom. The highest BCUT2D eigenvalue weighted by Gasteiger charge is 2.14. The quantitative estimate of drug-likeness (QED) is 0.508. The summed E-state index contributed by atoms with van der Waals surface area (Å²) in [4.78, 5) is -0.0932. The van der Waals surface area contributed by atoms with E-state index in [0.717, 1.165) is 18.2 Å². The molecule has 5 nitrogen and oxygen atoms in total. The van der Waals surface area contributed by atoms with Gasteiger partial charge in [0, 0.05) is 13.2 Å². The normalized spacial score (nSPS) is 11.6. The van der Waals surface area contributed by atoms with Crippen molar-refractivity contribution in [1.29, 1.82) is 0 Å². The summed E-state index contributed by atoms with van der Waals surface area (Å²) in [5.41, 5.74) is 5.05. The van der Waals surface area contributed by atoms with Crippen LogP contribution in [0, 0.1) is 5.82 Å². The predicted octanol–water partition coefficient (Wildman–Crippen LogP) is 0.0686. The van der Waals surface area contributed by atoms with Crippen LogP contribution in [0.15, 0.2) is 23.1 Å². The minimum atomic E-state index is -3.68. The smallest absolute Gasteiger partial charge is 0.240 e. The van der Waals surface area contributed by atoms with Crippen LogP contribution in [0.1, 0.15) is 6.42 Å². The summed E-state index contributed by atoms with van der Waals surface area (Å²) in [5, 5.41) is 8.51. The monoisotopic (exact) mass is 248 g/mol. The zero-order valence-corrected chi connectivity index (χ0v) is 9.30. The first-order valence-corrected chi connectivity index (χ1v) is 6.11. The minimum Gasteiger partial charge on any atom is -0.396 e. The van der Waals surface area contributed by atoms with Gasteiger partial charge in [-0.2, -0.15) is 0 Å². The van der Waals surface area contributed by atoms with Gasteiger partial charge in [0.1, 0.15) is 5.82 Å². The number of hydrogen-bond acceptors (Lipinski definition) is 4. The van der Waals surface area contributed by atoms with Crippen molar-refractivity contribution in [2.45, 2.75) is 11.3 Å². The third-order valence-electron chi connectivity index (χ3n) is 1.90. The summed E-state index contributed by atoms with van der Waals surface area (Å²) >= 11 is 0. The first-order chi connectivity index (χ1) is 7.47. The molecular formula is C9H13FN2O3S. The van der Waals surface area contributed by atoms with Crippen LogP contribution >= 0.6 is 0 Å². The number of halogens is 1. The number of sulfonamides is 1. The Morgan fingerprint density at radius 1 is 1.44 bits per heavy atom. The van der Waals surface area contributed by atoms with Gasteiger partial charge in [0.15, 0.2) is 0 Å². The standard InChI is InChI=1S/C9H13FN2O3S/c10-8-3-2-7(6-9(8)11)16(14,15)12-4-1-5-13/h2-3,6,12-13H,1,4-5,11H2. The van der Waals surface area contributed by atoms with Crippen LogP contribution in [0.5, 0.6) is 0 Å². The van der Waals surface area contributed by atoms with Gasteiger partial charge in [-0.3, -0.25) is 0 Å². The molecule has 0 heterocycles. The van der Waals surface area contributed by atoms with Crippen LogP contribution < -0.4 is 10.5 Å². The van der Waals surface area contributed by atoms with Gasteiger partial charge in [0.2, 0.25) is 10.0 Å². The number of aliphatic hydroxyl groups excluding tert-OH is 1. The van der Waals surface area contributed by atoms with Crippen molar-refractivity contribution in [2.24, 2.45) is 0 Å². The summed E-state index contributed by atoms with van der Waals surface area (Å²) < 4.78 is 38.3. The third kappa shape index (κ3) is 3.16. The van der Waals surface area contributed by atoms with E-state index < -0.39 is 15.8 Å². The lowest BCUT2D eigenvalue weighted by Gasteiger charge is -2.06. The molecule has 0 saturated carbocycles. The number of anilines is 1. The van der Waals surface area contributed by atoms with Gasteiger partial charge >= 0.3 is 0 Å². The van der Waals surface area contributed by atoms with Crippen molar-refractivity contribution in [2.75, 3.05) is 18.9 Å². The Labute approximate surface area is 93.1 Å². The zero-order valence-electron chi connectivity index (χ0n) is 8.48. The van der Waals surface area contributed by atoms with Crippen LogP contribution in [0.2, 0.25) is 0 Å². The zero-order chi connectivity index (χ0) is 12.2. The van der Waals surface area contributed by atoms with Crippen LogP contribution in [-0.2, 0) is 10.0 Å². The van der Waals surface area contributed by atoms with Crippen LogP contribution in [0.25, 0.3) is 0 Å². The molecule has 0 amide bonds. The molecule has 16 heavy (non-hydrogen) atoms. The fourth-order valence-electron chi connectivity index (χ4n) is 1.06. The van der Waals surface area contributed by atoms with E-state index in [4.69, 9.17) is 10.8 Å². The molecule has 0 aliphatic carbocycles. The minimum absolute atomic E-state index is 0.0932. The molecule has 0 fully saturated rings. The molecule has 1 rings (SSSR count).